The van der Waals surface area contributed by atoms with Crippen molar-refractivity contribution < 1.29 is 19.0 Å². The highest BCUT2D eigenvalue weighted by atomic mass is 32.2. The summed E-state index contributed by atoms with van der Waals surface area (Å²) in [6.07, 6.45) is 2.00. The van der Waals surface area contributed by atoms with E-state index < -0.39 is 0 Å². The maximum Gasteiger partial charge on any atom is 0.255 e. The number of rotatable bonds is 9. The fraction of sp³-hybridized carbons (Fsp3) is 0.208. The molecule has 1 N–H and O–H groups in total. The van der Waals surface area contributed by atoms with E-state index in [1.807, 2.05) is 73.8 Å². The lowest BCUT2D eigenvalue weighted by Crippen LogP contribution is -2.13. The van der Waals surface area contributed by atoms with Crippen LogP contribution in [0.2, 0.25) is 0 Å². The number of hydrogen-bond acceptors (Lipinski definition) is 5. The third-order valence-electron chi connectivity index (χ3n) is 4.40. The van der Waals surface area contributed by atoms with Crippen LogP contribution in [0.3, 0.4) is 0 Å². The van der Waals surface area contributed by atoms with Crippen LogP contribution in [0, 0.1) is 0 Å². The van der Waals surface area contributed by atoms with Gasteiger partial charge in [0.05, 0.1) is 13.7 Å². The first kappa shape index (κ1) is 21.6. The Morgan fingerprint density at radius 3 is 2.43 bits per heavy atom. The Bertz CT molecular complexity index is 989. The molecule has 0 radical (unpaired) electrons. The zero-order valence-electron chi connectivity index (χ0n) is 17.3. The van der Waals surface area contributed by atoms with E-state index in [0.29, 0.717) is 23.7 Å². The summed E-state index contributed by atoms with van der Waals surface area (Å²) in [4.78, 5) is 13.9. The monoisotopic (exact) mass is 423 g/mol. The van der Waals surface area contributed by atoms with Gasteiger partial charge >= 0.3 is 0 Å². The van der Waals surface area contributed by atoms with Gasteiger partial charge in [-0.3, -0.25) is 4.79 Å². The lowest BCUT2D eigenvalue weighted by Gasteiger charge is -2.14. The van der Waals surface area contributed by atoms with Gasteiger partial charge in [0.25, 0.3) is 5.91 Å². The van der Waals surface area contributed by atoms with Crippen molar-refractivity contribution in [1.29, 1.82) is 0 Å². The second-order valence-corrected chi connectivity index (χ2v) is 7.29. The summed E-state index contributed by atoms with van der Waals surface area (Å²) in [5, 5.41) is 2.95. The number of anilines is 1. The number of carbonyl (C=O) groups excluding carboxylic acids is 1. The average Bonchev–Trinajstić information content (AvgIpc) is 2.79. The number of thioether (sulfide) groups is 1. The quantitative estimate of drug-likeness (QED) is 0.451. The van der Waals surface area contributed by atoms with Crippen LogP contribution in [0.5, 0.6) is 17.2 Å². The molecular weight excluding hydrogens is 398 g/mol. The van der Waals surface area contributed by atoms with Crippen LogP contribution in [0.15, 0.2) is 71.6 Å². The summed E-state index contributed by atoms with van der Waals surface area (Å²) >= 11 is 1.63. The normalized spacial score (nSPS) is 10.4. The van der Waals surface area contributed by atoms with Crippen molar-refractivity contribution in [3.8, 4) is 17.2 Å². The number of benzene rings is 3. The van der Waals surface area contributed by atoms with Crippen molar-refractivity contribution in [3.05, 3.63) is 77.9 Å². The smallest absolute Gasteiger partial charge is 0.255 e. The van der Waals surface area contributed by atoms with Gasteiger partial charge in [0.15, 0.2) is 0 Å². The van der Waals surface area contributed by atoms with Gasteiger partial charge in [-0.1, -0.05) is 6.07 Å². The molecule has 0 aliphatic carbocycles. The number of ether oxygens (including phenoxy) is 3. The number of nitrogens with one attached hydrogen (secondary N) is 1. The van der Waals surface area contributed by atoms with E-state index >= 15 is 0 Å². The fourth-order valence-corrected chi connectivity index (χ4v) is 3.33. The minimum atomic E-state index is -0.179. The molecule has 0 atom stereocenters. The van der Waals surface area contributed by atoms with Crippen LogP contribution in [-0.4, -0.2) is 25.9 Å². The van der Waals surface area contributed by atoms with E-state index in [-0.39, 0.29) is 12.5 Å². The lowest BCUT2D eigenvalue weighted by molar-refractivity contribution is 0.102. The Balaban J connectivity index is 1.76. The molecule has 0 fully saturated rings. The van der Waals surface area contributed by atoms with Gasteiger partial charge in [0.2, 0.25) is 0 Å². The van der Waals surface area contributed by atoms with Crippen LogP contribution in [0.4, 0.5) is 5.69 Å². The van der Waals surface area contributed by atoms with Crippen molar-refractivity contribution in [3.63, 3.8) is 0 Å². The van der Waals surface area contributed by atoms with Crippen LogP contribution in [0.25, 0.3) is 0 Å². The molecule has 0 unspecified atom stereocenters. The molecule has 156 valence electrons. The molecular formula is C24H25NO4S. The summed E-state index contributed by atoms with van der Waals surface area (Å²) in [5.74, 6) is 2.00. The van der Waals surface area contributed by atoms with E-state index in [1.165, 1.54) is 0 Å². The number of amides is 1. The van der Waals surface area contributed by atoms with E-state index in [1.54, 1.807) is 24.9 Å². The summed E-state index contributed by atoms with van der Waals surface area (Å²) in [6.45, 7) is 2.74. The second-order valence-electron chi connectivity index (χ2n) is 6.41. The molecule has 30 heavy (non-hydrogen) atoms. The minimum absolute atomic E-state index is 0.179. The van der Waals surface area contributed by atoms with Crippen LogP contribution >= 0.6 is 11.8 Å². The first-order valence-electron chi connectivity index (χ1n) is 9.61. The maximum atomic E-state index is 12.8. The van der Waals surface area contributed by atoms with E-state index in [4.69, 9.17) is 14.2 Å². The molecule has 0 saturated heterocycles. The maximum absolute atomic E-state index is 12.8. The van der Waals surface area contributed by atoms with Crippen LogP contribution in [-0.2, 0) is 6.61 Å². The molecule has 0 heterocycles. The summed E-state index contributed by atoms with van der Waals surface area (Å²) in [6, 6.07) is 20.5. The highest BCUT2D eigenvalue weighted by Gasteiger charge is 2.12. The topological polar surface area (TPSA) is 56.8 Å². The third-order valence-corrected chi connectivity index (χ3v) is 5.13. The minimum Gasteiger partial charge on any atom is -0.497 e. The van der Waals surface area contributed by atoms with E-state index in [2.05, 4.69) is 5.32 Å². The molecule has 5 nitrogen and oxygen atoms in total. The highest BCUT2D eigenvalue weighted by molar-refractivity contribution is 7.98. The highest BCUT2D eigenvalue weighted by Crippen LogP contribution is 2.25. The SMILES string of the molecule is CCOc1ccc(C(=O)Nc2cccc(SC)c2)cc1COc1ccc(OC)cc1. The Kier molecular flexibility index (Phi) is 7.63. The first-order chi connectivity index (χ1) is 14.6. The van der Waals surface area contributed by atoms with Gasteiger partial charge in [0.1, 0.15) is 23.9 Å². The molecule has 0 aliphatic rings. The third kappa shape index (κ3) is 5.70. The van der Waals surface area contributed by atoms with Gasteiger partial charge in [-0.25, -0.2) is 0 Å². The van der Waals surface area contributed by atoms with Crippen molar-refractivity contribution in [1.82, 2.24) is 0 Å². The Morgan fingerprint density at radius 2 is 1.73 bits per heavy atom. The van der Waals surface area contributed by atoms with Crippen LogP contribution < -0.4 is 19.5 Å². The van der Waals surface area contributed by atoms with Crippen LogP contribution in [0.1, 0.15) is 22.8 Å². The molecule has 3 aromatic rings. The lowest BCUT2D eigenvalue weighted by atomic mass is 10.1. The molecule has 3 rings (SSSR count). The van der Waals surface area contributed by atoms with Gasteiger partial charge < -0.3 is 19.5 Å². The van der Waals surface area contributed by atoms with Gasteiger partial charge in [0, 0.05) is 21.7 Å². The summed E-state index contributed by atoms with van der Waals surface area (Å²) in [7, 11) is 1.62. The number of methoxy groups -OCH3 is 1. The van der Waals surface area contributed by atoms with Gasteiger partial charge in [-0.15, -0.1) is 11.8 Å². The number of carbonyl (C=O) groups is 1. The summed E-state index contributed by atoms with van der Waals surface area (Å²) in [5.41, 5.74) is 2.11. The van der Waals surface area contributed by atoms with E-state index in [0.717, 1.165) is 21.9 Å². The predicted octanol–water partition coefficient (Wildman–Crippen LogP) is 5.65. The predicted molar refractivity (Wildman–Crippen MR) is 121 cm³/mol. The molecule has 0 aliphatic heterocycles. The average molecular weight is 424 g/mol. The zero-order chi connectivity index (χ0) is 21.3. The molecule has 3 aromatic carbocycles. The Hall–Kier alpha value is -3.12. The fourth-order valence-electron chi connectivity index (χ4n) is 2.87. The summed E-state index contributed by atoms with van der Waals surface area (Å²) < 4.78 is 16.8. The Morgan fingerprint density at radius 1 is 0.967 bits per heavy atom. The van der Waals surface area contributed by atoms with Crippen molar-refractivity contribution >= 4 is 23.4 Å². The molecule has 0 saturated carbocycles. The molecule has 0 spiro atoms. The molecule has 6 heteroatoms. The standard InChI is InChI=1S/C24H25NO4S/c1-4-28-23-13-8-17(24(26)25-19-6-5-7-22(15-19)30-3)14-18(23)16-29-21-11-9-20(27-2)10-12-21/h5-15H,4,16H2,1-3H3,(H,25,26). The second kappa shape index (κ2) is 10.6. The number of hydrogen-bond donors (Lipinski definition) is 1. The van der Waals surface area contributed by atoms with Crippen molar-refractivity contribution in [2.24, 2.45) is 0 Å². The first-order valence-corrected chi connectivity index (χ1v) is 10.8. The largest absolute Gasteiger partial charge is 0.497 e. The van der Waals surface area contributed by atoms with E-state index in [9.17, 15) is 4.79 Å². The van der Waals surface area contributed by atoms with Gasteiger partial charge in [-0.2, -0.15) is 0 Å². The Labute approximate surface area is 181 Å². The van der Waals surface area contributed by atoms with Crippen molar-refractivity contribution in [2.45, 2.75) is 18.4 Å². The van der Waals surface area contributed by atoms with Crippen molar-refractivity contribution in [2.75, 3.05) is 25.3 Å². The molecule has 1 amide bonds. The molecule has 0 aromatic heterocycles. The zero-order valence-corrected chi connectivity index (χ0v) is 18.1. The van der Waals surface area contributed by atoms with Gasteiger partial charge in [-0.05, 0) is 73.8 Å². The molecule has 0 bridgehead atoms.